The summed E-state index contributed by atoms with van der Waals surface area (Å²) in [6, 6.07) is 44.8. The third kappa shape index (κ3) is 14.0. The first-order valence-electron chi connectivity index (χ1n) is 27.4. The predicted molar refractivity (Wildman–Crippen MR) is 342 cm³/mol. The molecule has 0 radical (unpaired) electrons. The monoisotopic (exact) mass is 1390 g/mol. The van der Waals surface area contributed by atoms with Crippen molar-refractivity contribution in [1.82, 2.24) is 37.0 Å². The zero-order valence-electron chi connectivity index (χ0n) is 50.3. The zero-order chi connectivity index (χ0) is 66.2. The van der Waals surface area contributed by atoms with Crippen LogP contribution in [-0.4, -0.2) is 60.2 Å². The first-order valence-corrected chi connectivity index (χ1v) is 29.0. The molecule has 0 fully saturated rings. The van der Waals surface area contributed by atoms with Gasteiger partial charge in [-0.05, 0) is 139 Å². The van der Waals surface area contributed by atoms with E-state index in [2.05, 4.69) is 57.6 Å². The number of imidazole rings is 3. The van der Waals surface area contributed by atoms with Crippen LogP contribution in [0.15, 0.2) is 212 Å². The van der Waals surface area contributed by atoms with E-state index in [0.717, 1.165) is 37.1 Å². The third-order valence-electron chi connectivity index (χ3n) is 14.5. The number of aromatic amines is 1. The van der Waals surface area contributed by atoms with Crippen LogP contribution in [0.5, 0.6) is 0 Å². The SMILES string of the molecule is C[C-](C)C.Cn1c(=O)n(-c2ccc(F)cc2)c2ccc(Br)cc21.Cn1cc(C(=O)C(F)(F)F)c2ccccc21.Cn1cc(C(O)(c2ccc3c(c2)n(C)c(=O)n3-c2ccc(F)cc2)C(F)(F)F)c2ccccc21.O=c1[nH]c2cc(Br)ccc2n1-c1ccc(F)cc1.[Li+]. The number of fused-ring (bicyclic) bond motifs is 5. The number of aryl methyl sites for hydroxylation is 4. The van der Waals surface area contributed by atoms with Crippen molar-refractivity contribution in [1.29, 1.82) is 0 Å². The number of aromatic nitrogens is 8. The Morgan fingerprint density at radius 2 is 0.891 bits per heavy atom. The zero-order valence-corrected chi connectivity index (χ0v) is 53.4. The van der Waals surface area contributed by atoms with Gasteiger partial charge in [-0.3, -0.25) is 27.6 Å². The van der Waals surface area contributed by atoms with E-state index in [9.17, 15) is 63.8 Å². The molecule has 0 amide bonds. The van der Waals surface area contributed by atoms with Crippen molar-refractivity contribution in [3.05, 3.63) is 269 Å². The van der Waals surface area contributed by atoms with E-state index in [-0.39, 0.29) is 63.9 Å². The van der Waals surface area contributed by atoms with Gasteiger partial charge in [0.15, 0.2) is 0 Å². The normalized spacial score (nSPS) is 12.1. The number of carbonyl (C=O) groups is 1. The van der Waals surface area contributed by atoms with Crippen LogP contribution in [0, 0.1) is 23.4 Å². The predicted octanol–water partition coefficient (Wildman–Crippen LogP) is 12.8. The van der Waals surface area contributed by atoms with Gasteiger partial charge in [-0.25, -0.2) is 27.6 Å². The Labute approximate surface area is 547 Å². The van der Waals surface area contributed by atoms with Crippen LogP contribution in [0.25, 0.3) is 72.0 Å². The maximum absolute atomic E-state index is 14.5. The van der Waals surface area contributed by atoms with Crippen LogP contribution in [-0.2, 0) is 33.8 Å². The summed E-state index contributed by atoms with van der Waals surface area (Å²) in [5, 5.41) is 11.9. The molecule has 0 saturated carbocycles. The average Bonchev–Trinajstić information content (AvgIpc) is 1.47. The molecule has 470 valence electrons. The number of H-pyrrole nitrogens is 1. The number of nitrogens with zero attached hydrogens (tertiary/aromatic N) is 7. The fraction of sp³-hybridized carbons (Fsp3) is 0.149. The molecule has 1 unspecified atom stereocenters. The summed E-state index contributed by atoms with van der Waals surface area (Å²) in [7, 11) is 6.37. The summed E-state index contributed by atoms with van der Waals surface area (Å²) >= 11 is 6.74. The minimum Gasteiger partial charge on any atom is -0.372 e. The number of Topliss-reactive ketones (excluding diaryl/α,β-unsaturated/α-hetero) is 1. The summed E-state index contributed by atoms with van der Waals surface area (Å²) in [5.74, 6) is -1.51. The van der Waals surface area contributed by atoms with Gasteiger partial charge in [0.1, 0.15) is 17.5 Å². The smallest absolute Gasteiger partial charge is 0.372 e. The van der Waals surface area contributed by atoms with E-state index >= 15 is 0 Å². The number of rotatable bonds is 6. The summed E-state index contributed by atoms with van der Waals surface area (Å²) in [5.41, 5.74) is 1.16. The molecular formula is C67H54Br2F9LiN8O5. The van der Waals surface area contributed by atoms with E-state index < -0.39 is 40.8 Å². The number of ketones is 1. The second kappa shape index (κ2) is 27.6. The number of nitrogens with one attached hydrogen (secondary N) is 1. The van der Waals surface area contributed by atoms with Gasteiger partial charge >= 0.3 is 48.3 Å². The van der Waals surface area contributed by atoms with Crippen molar-refractivity contribution in [2.75, 3.05) is 0 Å². The van der Waals surface area contributed by atoms with Crippen LogP contribution >= 0.6 is 31.9 Å². The van der Waals surface area contributed by atoms with Crippen molar-refractivity contribution < 1.29 is 68.3 Å². The van der Waals surface area contributed by atoms with Crippen molar-refractivity contribution in [3.8, 4) is 17.1 Å². The molecule has 13 rings (SSSR count). The standard InChI is InChI=1S/C25H19F4N3O2.C14H10BrFN2O.C13H8BrFN2O.C11H8F3NO.C4H9.Li/c1-30-14-19(18-5-3-4-6-20(18)30)24(34,25(27,28)29)15-7-12-21-22(13-15)31(2)23(33)32(21)17-10-8-16(26)9-11-17;1-17-13-8-9(15)2-7-12(13)18(14(17)19)11-5-3-10(16)4-6-11;14-8-1-6-12-11(7-8)16-13(18)17(12)10-4-2-9(15)3-5-10;1-15-6-8(10(16)11(12,13)14)7-4-2-3-5-9(7)15;1-4(2)3;/h3-14,34H,1-2H3;2-8H,1H3;1-7H,(H,16,18);2-6H,1H3;1-3H3;/q;;;;-1;+1. The molecule has 5 heterocycles. The minimum absolute atomic E-state index is 0. The largest absolute Gasteiger partial charge is 1.00 e. The van der Waals surface area contributed by atoms with E-state index in [1.165, 1.54) is 121 Å². The maximum atomic E-state index is 14.5. The molecule has 13 aromatic rings. The minimum atomic E-state index is -5.05. The summed E-state index contributed by atoms with van der Waals surface area (Å²) in [6.07, 6.45) is -7.40. The molecule has 0 aliphatic heterocycles. The molecule has 5 aromatic heterocycles. The van der Waals surface area contributed by atoms with Gasteiger partial charge in [-0.1, -0.05) is 74.3 Å². The molecule has 2 N–H and O–H groups in total. The topological polar surface area (TPSA) is 139 Å². The van der Waals surface area contributed by atoms with Crippen LogP contribution < -0.4 is 35.9 Å². The van der Waals surface area contributed by atoms with Crippen LogP contribution in [0.4, 0.5) is 39.5 Å². The Morgan fingerprint density at radius 3 is 1.37 bits per heavy atom. The van der Waals surface area contributed by atoms with E-state index in [1.54, 1.807) is 90.9 Å². The third-order valence-corrected chi connectivity index (χ3v) is 15.5. The first kappa shape index (κ1) is 69.1. The molecule has 25 heteroatoms. The molecule has 8 aromatic carbocycles. The van der Waals surface area contributed by atoms with Gasteiger partial charge in [0.05, 0.1) is 55.7 Å². The number of aliphatic hydroxyl groups is 1. The van der Waals surface area contributed by atoms with Crippen molar-refractivity contribution in [3.63, 3.8) is 0 Å². The number of para-hydroxylation sites is 2. The number of hydrogen-bond acceptors (Lipinski definition) is 5. The summed E-state index contributed by atoms with van der Waals surface area (Å²) in [6.45, 7) is 6.25. The Kier molecular flexibility index (Phi) is 20.7. The number of alkyl halides is 6. The molecule has 13 nitrogen and oxygen atoms in total. The fourth-order valence-corrected chi connectivity index (χ4v) is 11.0. The van der Waals surface area contributed by atoms with E-state index in [0.29, 0.717) is 39.0 Å². The molecule has 0 spiro atoms. The Morgan fingerprint density at radius 1 is 0.489 bits per heavy atom. The molecule has 0 bridgehead atoms. The number of halogens is 11. The average molecular weight is 1390 g/mol. The van der Waals surface area contributed by atoms with Gasteiger partial charge in [0.2, 0.25) is 5.60 Å². The van der Waals surface area contributed by atoms with Crippen LogP contribution in [0.1, 0.15) is 42.3 Å². The van der Waals surface area contributed by atoms with E-state index in [1.807, 2.05) is 36.4 Å². The fourth-order valence-electron chi connectivity index (χ4n) is 10.3. The van der Waals surface area contributed by atoms with Crippen LogP contribution in [0.3, 0.4) is 0 Å². The molecule has 0 aliphatic carbocycles. The Hall–Kier alpha value is -8.79. The van der Waals surface area contributed by atoms with Crippen molar-refractivity contribution in [2.45, 2.75) is 38.7 Å². The van der Waals surface area contributed by atoms with Gasteiger partial charge in [-0.2, -0.15) is 47.1 Å². The van der Waals surface area contributed by atoms with Gasteiger partial charge < -0.3 is 25.1 Å². The Bertz CT molecular complexity index is 5020. The molecule has 92 heavy (non-hydrogen) atoms. The summed E-state index contributed by atoms with van der Waals surface area (Å²) < 4.78 is 132. The van der Waals surface area contributed by atoms with Crippen molar-refractivity contribution in [2.24, 2.45) is 28.2 Å². The van der Waals surface area contributed by atoms with Crippen LogP contribution in [0.2, 0.25) is 0 Å². The number of hydrogen-bond donors (Lipinski definition) is 2. The number of benzene rings is 8. The Balaban J connectivity index is 0.000000162. The van der Waals surface area contributed by atoms with E-state index in [4.69, 9.17) is 0 Å². The molecule has 0 aliphatic rings. The van der Waals surface area contributed by atoms with Gasteiger partial charge in [0.25, 0.3) is 5.78 Å². The quantitative estimate of drug-likeness (QED) is 0.0739. The molecule has 0 saturated heterocycles. The molecule has 1 atom stereocenters. The molecular weight excluding hydrogens is 1330 g/mol. The maximum Gasteiger partial charge on any atom is 1.00 e. The van der Waals surface area contributed by atoms with Gasteiger partial charge in [0, 0.05) is 76.9 Å². The van der Waals surface area contributed by atoms with Crippen molar-refractivity contribution >= 4 is 92.5 Å². The number of carbonyl (C=O) groups excluding carboxylic acids is 1. The van der Waals surface area contributed by atoms with Gasteiger partial charge in [-0.15, -0.1) is 0 Å². The summed E-state index contributed by atoms with van der Waals surface area (Å²) in [4.78, 5) is 51.1. The second-order valence-corrected chi connectivity index (χ2v) is 23.3. The first-order chi connectivity index (χ1) is 42.9. The second-order valence-electron chi connectivity index (χ2n) is 21.4.